The van der Waals surface area contributed by atoms with Crippen LogP contribution in [0.15, 0.2) is 23.9 Å². The zero-order valence-corrected chi connectivity index (χ0v) is 14.2. The van der Waals surface area contributed by atoms with Crippen LogP contribution < -0.4 is 20.1 Å². The summed E-state index contributed by atoms with van der Waals surface area (Å²) in [5.41, 5.74) is 0.540. The highest BCUT2D eigenvalue weighted by molar-refractivity contribution is 6.02. The second kappa shape index (κ2) is 7.69. The largest absolute Gasteiger partial charge is 0.480 e. The Balaban J connectivity index is 2.27. The molecule has 0 saturated carbocycles. The molecule has 0 unspecified atom stereocenters. The van der Waals surface area contributed by atoms with Crippen LogP contribution in [-0.4, -0.2) is 35.7 Å². The van der Waals surface area contributed by atoms with Crippen LogP contribution in [0.1, 0.15) is 26.3 Å². The van der Waals surface area contributed by atoms with Gasteiger partial charge in [-0.05, 0) is 29.7 Å². The summed E-state index contributed by atoms with van der Waals surface area (Å²) >= 11 is 0. The second-order valence-electron chi connectivity index (χ2n) is 5.89. The lowest BCUT2D eigenvalue weighted by Gasteiger charge is -2.19. The summed E-state index contributed by atoms with van der Waals surface area (Å²) in [6, 6.07) is 3.97. The number of carbonyl (C=O) groups is 3. The minimum absolute atomic E-state index is 0.0572. The summed E-state index contributed by atoms with van der Waals surface area (Å²) in [7, 11) is 0. The van der Waals surface area contributed by atoms with Crippen LogP contribution in [0.4, 0.5) is 0 Å². The van der Waals surface area contributed by atoms with E-state index in [1.165, 1.54) is 13.0 Å². The Morgan fingerprint density at radius 1 is 1.20 bits per heavy atom. The van der Waals surface area contributed by atoms with E-state index in [1.807, 2.05) is 0 Å². The van der Waals surface area contributed by atoms with E-state index in [0.717, 1.165) is 0 Å². The highest BCUT2D eigenvalue weighted by atomic mass is 16.7. The van der Waals surface area contributed by atoms with Crippen molar-refractivity contribution in [3.63, 3.8) is 0 Å². The number of carbonyl (C=O) groups excluding carboxylic acids is 2. The third kappa shape index (κ3) is 4.72. The molecule has 2 rings (SSSR count). The Bertz CT molecular complexity index is 726. The zero-order chi connectivity index (χ0) is 18.6. The number of amides is 2. The summed E-state index contributed by atoms with van der Waals surface area (Å²) < 4.78 is 10.5. The van der Waals surface area contributed by atoms with Crippen LogP contribution in [0.25, 0.3) is 6.08 Å². The molecule has 0 aliphatic carbocycles. The molecule has 25 heavy (non-hydrogen) atoms. The number of ether oxygens (including phenoxy) is 2. The molecule has 1 aromatic rings. The number of carboxylic acids is 1. The molecule has 8 nitrogen and oxygen atoms in total. The van der Waals surface area contributed by atoms with Crippen molar-refractivity contribution in [3.05, 3.63) is 29.5 Å². The molecule has 0 spiro atoms. The molecular weight excluding hydrogens is 328 g/mol. The molecule has 0 bridgehead atoms. The van der Waals surface area contributed by atoms with Gasteiger partial charge in [0.15, 0.2) is 11.5 Å². The summed E-state index contributed by atoms with van der Waals surface area (Å²) in [6.45, 7) is 4.74. The van der Waals surface area contributed by atoms with E-state index in [9.17, 15) is 19.5 Å². The summed E-state index contributed by atoms with van der Waals surface area (Å²) in [5.74, 6) is -1.47. The number of fused-ring (bicyclic) bond motifs is 1. The van der Waals surface area contributed by atoms with E-state index < -0.39 is 23.8 Å². The van der Waals surface area contributed by atoms with E-state index in [1.54, 1.807) is 32.0 Å². The van der Waals surface area contributed by atoms with Crippen LogP contribution in [0.3, 0.4) is 0 Å². The first-order chi connectivity index (χ1) is 11.8. The van der Waals surface area contributed by atoms with E-state index in [4.69, 9.17) is 9.47 Å². The predicted molar refractivity (Wildman–Crippen MR) is 88.8 cm³/mol. The average Bonchev–Trinajstić information content (AvgIpc) is 2.98. The molecule has 1 aliphatic rings. The number of benzene rings is 1. The number of nitrogens with one attached hydrogen (secondary N) is 2. The predicted octanol–water partition coefficient (Wildman–Crippen LogP) is 1.12. The van der Waals surface area contributed by atoms with Gasteiger partial charge in [-0.1, -0.05) is 19.9 Å². The van der Waals surface area contributed by atoms with Gasteiger partial charge in [-0.25, -0.2) is 4.79 Å². The SMILES string of the molecule is CC(=O)N/C(=C/c1ccc2c(c1)OCO2)C(=O)N[C@H](C(=O)O)C(C)C. The Morgan fingerprint density at radius 3 is 2.48 bits per heavy atom. The molecule has 1 heterocycles. The van der Waals surface area contributed by atoms with Crippen LogP contribution in [0, 0.1) is 5.92 Å². The number of rotatable bonds is 6. The molecule has 1 aliphatic heterocycles. The Labute approximate surface area is 144 Å². The van der Waals surface area contributed by atoms with Gasteiger partial charge in [-0.2, -0.15) is 0 Å². The van der Waals surface area contributed by atoms with Crippen molar-refractivity contribution in [1.29, 1.82) is 0 Å². The lowest BCUT2D eigenvalue weighted by Crippen LogP contribution is -2.46. The summed E-state index contributed by atoms with van der Waals surface area (Å²) in [5, 5.41) is 14.0. The lowest BCUT2D eigenvalue weighted by atomic mass is 10.0. The van der Waals surface area contributed by atoms with Crippen LogP contribution >= 0.6 is 0 Å². The molecule has 0 fully saturated rings. The Morgan fingerprint density at radius 2 is 1.88 bits per heavy atom. The van der Waals surface area contributed by atoms with E-state index in [0.29, 0.717) is 17.1 Å². The quantitative estimate of drug-likeness (QED) is 0.664. The summed E-state index contributed by atoms with van der Waals surface area (Å²) in [6.07, 6.45) is 1.44. The van der Waals surface area contributed by atoms with Gasteiger partial charge in [0.05, 0.1) is 0 Å². The Hall–Kier alpha value is -3.03. The first kappa shape index (κ1) is 18.3. The van der Waals surface area contributed by atoms with Crippen molar-refractivity contribution in [2.75, 3.05) is 6.79 Å². The zero-order valence-electron chi connectivity index (χ0n) is 14.2. The maximum Gasteiger partial charge on any atom is 0.326 e. The molecule has 0 aromatic heterocycles. The number of carboxylic acid groups (broad SMARTS) is 1. The van der Waals surface area contributed by atoms with E-state index >= 15 is 0 Å². The van der Waals surface area contributed by atoms with Crippen molar-refractivity contribution < 1.29 is 29.0 Å². The van der Waals surface area contributed by atoms with Gasteiger partial charge >= 0.3 is 5.97 Å². The third-order valence-corrected chi connectivity index (χ3v) is 3.48. The fourth-order valence-electron chi connectivity index (χ4n) is 2.25. The summed E-state index contributed by atoms with van der Waals surface area (Å²) in [4.78, 5) is 35.1. The van der Waals surface area contributed by atoms with Crippen LogP contribution in [0.2, 0.25) is 0 Å². The first-order valence-electron chi connectivity index (χ1n) is 7.70. The van der Waals surface area contributed by atoms with Crippen molar-refractivity contribution in [1.82, 2.24) is 10.6 Å². The minimum Gasteiger partial charge on any atom is -0.480 e. The van der Waals surface area contributed by atoms with Gasteiger partial charge in [0, 0.05) is 6.92 Å². The fourth-order valence-corrected chi connectivity index (χ4v) is 2.25. The number of hydrogen-bond acceptors (Lipinski definition) is 5. The monoisotopic (exact) mass is 348 g/mol. The Kier molecular flexibility index (Phi) is 5.63. The van der Waals surface area contributed by atoms with Gasteiger partial charge in [0.1, 0.15) is 11.7 Å². The highest BCUT2D eigenvalue weighted by Crippen LogP contribution is 2.33. The maximum absolute atomic E-state index is 12.4. The smallest absolute Gasteiger partial charge is 0.326 e. The minimum atomic E-state index is -1.14. The topological polar surface area (TPSA) is 114 Å². The van der Waals surface area contributed by atoms with Gasteiger partial charge in [0.25, 0.3) is 5.91 Å². The molecule has 3 N–H and O–H groups in total. The number of hydrogen-bond donors (Lipinski definition) is 3. The van der Waals surface area contributed by atoms with Gasteiger partial charge in [-0.15, -0.1) is 0 Å². The molecule has 2 amide bonds. The maximum atomic E-state index is 12.4. The van der Waals surface area contributed by atoms with Crippen molar-refractivity contribution in [3.8, 4) is 11.5 Å². The number of aliphatic carboxylic acids is 1. The van der Waals surface area contributed by atoms with E-state index in [-0.39, 0.29) is 18.4 Å². The molecule has 8 heteroatoms. The van der Waals surface area contributed by atoms with Gasteiger partial charge in [0.2, 0.25) is 12.7 Å². The normalized spacial score (nSPS) is 14.2. The average molecular weight is 348 g/mol. The third-order valence-electron chi connectivity index (χ3n) is 3.48. The fraction of sp³-hybridized carbons (Fsp3) is 0.353. The van der Waals surface area contributed by atoms with Gasteiger partial charge < -0.3 is 25.2 Å². The van der Waals surface area contributed by atoms with Crippen LogP contribution in [-0.2, 0) is 14.4 Å². The van der Waals surface area contributed by atoms with Crippen molar-refractivity contribution in [2.24, 2.45) is 5.92 Å². The molecule has 134 valence electrons. The van der Waals surface area contributed by atoms with E-state index in [2.05, 4.69) is 10.6 Å². The molecular formula is C17H20N2O6. The molecule has 1 atom stereocenters. The van der Waals surface area contributed by atoms with Crippen molar-refractivity contribution in [2.45, 2.75) is 26.8 Å². The lowest BCUT2D eigenvalue weighted by molar-refractivity contribution is -0.142. The van der Waals surface area contributed by atoms with Gasteiger partial charge in [-0.3, -0.25) is 9.59 Å². The van der Waals surface area contributed by atoms with Crippen molar-refractivity contribution >= 4 is 23.9 Å². The second-order valence-corrected chi connectivity index (χ2v) is 5.89. The first-order valence-corrected chi connectivity index (χ1v) is 7.70. The standard InChI is InChI=1S/C17H20N2O6/c1-9(2)15(17(22)23)19-16(21)12(18-10(3)20)6-11-4-5-13-14(7-11)25-8-24-13/h4-7,9,15H,8H2,1-3H3,(H,18,20)(H,19,21)(H,22,23)/b12-6+/t15-/m0/s1. The van der Waals surface area contributed by atoms with Crippen LogP contribution in [0.5, 0.6) is 11.5 Å². The highest BCUT2D eigenvalue weighted by Gasteiger charge is 2.25. The molecule has 0 radical (unpaired) electrons. The molecule has 1 aromatic carbocycles. The molecule has 0 saturated heterocycles.